The Balaban J connectivity index is 1.84. The van der Waals surface area contributed by atoms with Gasteiger partial charge in [0.25, 0.3) is 0 Å². The summed E-state index contributed by atoms with van der Waals surface area (Å²) in [5, 5.41) is 11.0. The molecular formula is C13H16N2O2S. The zero-order valence-corrected chi connectivity index (χ0v) is 11.0. The number of benzene rings is 1. The van der Waals surface area contributed by atoms with Gasteiger partial charge in [-0.15, -0.1) is 0 Å². The number of rotatable bonds is 3. The third-order valence-electron chi connectivity index (χ3n) is 3.35. The highest BCUT2D eigenvalue weighted by Gasteiger charge is 2.27. The predicted molar refractivity (Wildman–Crippen MR) is 72.1 cm³/mol. The standard InChI is InChI=1S/C13H16N2O2S/c1-17-8-5-6-9-10(7-8)15-13(14-9)18-12-4-2-3-11(12)16/h5-7,11-12,16H,2-4H2,1H3,(H,14,15). The lowest BCUT2D eigenvalue weighted by Gasteiger charge is -2.11. The Bertz CT molecular complexity index is 555. The van der Waals surface area contributed by atoms with Crippen molar-refractivity contribution in [2.75, 3.05) is 7.11 Å². The van der Waals surface area contributed by atoms with Crippen molar-refractivity contribution < 1.29 is 9.84 Å². The number of hydrogen-bond acceptors (Lipinski definition) is 4. The number of methoxy groups -OCH3 is 1. The van der Waals surface area contributed by atoms with Crippen molar-refractivity contribution in [3.8, 4) is 5.75 Å². The molecule has 1 aliphatic carbocycles. The largest absolute Gasteiger partial charge is 0.497 e. The van der Waals surface area contributed by atoms with E-state index >= 15 is 0 Å². The molecule has 3 rings (SSSR count). The van der Waals surface area contributed by atoms with Crippen LogP contribution in [-0.4, -0.2) is 33.5 Å². The van der Waals surface area contributed by atoms with Crippen LogP contribution in [0.15, 0.2) is 23.4 Å². The van der Waals surface area contributed by atoms with E-state index < -0.39 is 0 Å². The van der Waals surface area contributed by atoms with Crippen LogP contribution in [0.5, 0.6) is 5.75 Å². The van der Waals surface area contributed by atoms with Crippen LogP contribution in [0.2, 0.25) is 0 Å². The molecule has 0 radical (unpaired) electrons. The number of H-pyrrole nitrogens is 1. The predicted octanol–water partition coefficient (Wildman–Crippen LogP) is 2.58. The number of hydrogen-bond donors (Lipinski definition) is 2. The monoisotopic (exact) mass is 264 g/mol. The smallest absolute Gasteiger partial charge is 0.166 e. The number of aromatic nitrogens is 2. The molecule has 2 aromatic rings. The number of nitrogens with zero attached hydrogens (tertiary/aromatic N) is 1. The first-order valence-electron chi connectivity index (χ1n) is 6.15. The molecule has 96 valence electrons. The van der Waals surface area contributed by atoms with Gasteiger partial charge in [0.05, 0.1) is 24.2 Å². The molecule has 2 unspecified atom stereocenters. The second-order valence-corrected chi connectivity index (χ2v) is 5.81. The molecule has 4 nitrogen and oxygen atoms in total. The van der Waals surface area contributed by atoms with E-state index in [0.717, 1.165) is 41.2 Å². The van der Waals surface area contributed by atoms with E-state index in [1.165, 1.54) is 0 Å². The summed E-state index contributed by atoms with van der Waals surface area (Å²) in [4.78, 5) is 7.81. The van der Waals surface area contributed by atoms with Crippen LogP contribution in [0.3, 0.4) is 0 Å². The van der Waals surface area contributed by atoms with Crippen molar-refractivity contribution in [1.82, 2.24) is 9.97 Å². The molecular weight excluding hydrogens is 248 g/mol. The summed E-state index contributed by atoms with van der Waals surface area (Å²) in [7, 11) is 1.65. The van der Waals surface area contributed by atoms with Crippen molar-refractivity contribution in [3.05, 3.63) is 18.2 Å². The second kappa shape index (κ2) is 4.82. The molecule has 1 aliphatic rings. The first-order valence-corrected chi connectivity index (χ1v) is 7.03. The fourth-order valence-electron chi connectivity index (χ4n) is 2.34. The van der Waals surface area contributed by atoms with Gasteiger partial charge < -0.3 is 14.8 Å². The van der Waals surface area contributed by atoms with Crippen LogP contribution >= 0.6 is 11.8 Å². The number of thioether (sulfide) groups is 1. The molecule has 1 aromatic heterocycles. The average molecular weight is 264 g/mol. The Morgan fingerprint density at radius 2 is 2.33 bits per heavy atom. The molecule has 1 fully saturated rings. The van der Waals surface area contributed by atoms with Gasteiger partial charge >= 0.3 is 0 Å². The summed E-state index contributed by atoms with van der Waals surface area (Å²) < 4.78 is 5.19. The molecule has 2 N–H and O–H groups in total. The maximum absolute atomic E-state index is 9.82. The van der Waals surface area contributed by atoms with Gasteiger partial charge in [0.1, 0.15) is 5.75 Å². The highest BCUT2D eigenvalue weighted by molar-refractivity contribution is 7.99. The number of fused-ring (bicyclic) bond motifs is 1. The van der Waals surface area contributed by atoms with Gasteiger partial charge in [-0.2, -0.15) is 0 Å². The van der Waals surface area contributed by atoms with Gasteiger partial charge in [0.2, 0.25) is 0 Å². The third kappa shape index (κ3) is 2.20. The highest BCUT2D eigenvalue weighted by Crippen LogP contribution is 2.34. The lowest BCUT2D eigenvalue weighted by Crippen LogP contribution is -2.15. The Hall–Kier alpha value is -1.20. The summed E-state index contributed by atoms with van der Waals surface area (Å²) in [5.41, 5.74) is 1.91. The highest BCUT2D eigenvalue weighted by atomic mass is 32.2. The number of ether oxygens (including phenoxy) is 1. The van der Waals surface area contributed by atoms with Crippen LogP contribution in [0.4, 0.5) is 0 Å². The van der Waals surface area contributed by atoms with Crippen molar-refractivity contribution in [2.45, 2.75) is 35.8 Å². The van der Waals surface area contributed by atoms with Gasteiger partial charge in [0.15, 0.2) is 5.16 Å². The first kappa shape index (κ1) is 11.9. The molecule has 1 heterocycles. The molecule has 0 saturated heterocycles. The average Bonchev–Trinajstić information content (AvgIpc) is 2.95. The minimum atomic E-state index is -0.197. The van der Waals surface area contributed by atoms with Crippen molar-refractivity contribution in [3.63, 3.8) is 0 Å². The van der Waals surface area contributed by atoms with Crippen LogP contribution in [-0.2, 0) is 0 Å². The number of aromatic amines is 1. The number of aliphatic hydroxyl groups excluding tert-OH is 1. The fourth-order valence-corrected chi connectivity index (χ4v) is 3.52. The van der Waals surface area contributed by atoms with Crippen molar-refractivity contribution in [1.29, 1.82) is 0 Å². The summed E-state index contributed by atoms with van der Waals surface area (Å²) in [6.07, 6.45) is 2.88. The van der Waals surface area contributed by atoms with E-state index in [1.807, 2.05) is 18.2 Å². The minimum absolute atomic E-state index is 0.197. The Morgan fingerprint density at radius 1 is 1.44 bits per heavy atom. The summed E-state index contributed by atoms with van der Waals surface area (Å²) in [5.74, 6) is 0.823. The van der Waals surface area contributed by atoms with E-state index in [9.17, 15) is 5.11 Å². The SMILES string of the molecule is COc1ccc2nc(SC3CCCC3O)[nH]c2c1. The van der Waals surface area contributed by atoms with Crippen molar-refractivity contribution in [2.24, 2.45) is 0 Å². The lowest BCUT2D eigenvalue weighted by atomic mass is 10.3. The van der Waals surface area contributed by atoms with E-state index in [1.54, 1.807) is 18.9 Å². The van der Waals surface area contributed by atoms with E-state index in [4.69, 9.17) is 4.74 Å². The van der Waals surface area contributed by atoms with E-state index in [-0.39, 0.29) is 11.4 Å². The molecule has 0 amide bonds. The van der Waals surface area contributed by atoms with Crippen LogP contribution in [0, 0.1) is 0 Å². The van der Waals surface area contributed by atoms with Crippen molar-refractivity contribution >= 4 is 22.8 Å². The summed E-state index contributed by atoms with van der Waals surface area (Å²) in [6, 6.07) is 5.79. The van der Waals surface area contributed by atoms with E-state index in [2.05, 4.69) is 9.97 Å². The minimum Gasteiger partial charge on any atom is -0.497 e. The van der Waals surface area contributed by atoms with Gasteiger partial charge in [-0.1, -0.05) is 11.8 Å². The van der Waals surface area contributed by atoms with Gasteiger partial charge in [-0.05, 0) is 31.4 Å². The maximum Gasteiger partial charge on any atom is 0.166 e. The normalized spacial score (nSPS) is 23.7. The first-order chi connectivity index (χ1) is 8.76. The molecule has 0 aliphatic heterocycles. The summed E-state index contributed by atoms with van der Waals surface area (Å²) >= 11 is 1.64. The molecule has 2 atom stereocenters. The second-order valence-electron chi connectivity index (χ2n) is 4.58. The third-order valence-corrected chi connectivity index (χ3v) is 4.62. The van der Waals surface area contributed by atoms with Crippen LogP contribution in [0.1, 0.15) is 19.3 Å². The molecule has 0 bridgehead atoms. The van der Waals surface area contributed by atoms with Gasteiger partial charge in [-0.25, -0.2) is 4.98 Å². The lowest BCUT2D eigenvalue weighted by molar-refractivity contribution is 0.188. The topological polar surface area (TPSA) is 58.1 Å². The quantitative estimate of drug-likeness (QED) is 0.894. The van der Waals surface area contributed by atoms with Gasteiger partial charge in [-0.3, -0.25) is 0 Å². The zero-order valence-electron chi connectivity index (χ0n) is 10.2. The number of nitrogens with one attached hydrogen (secondary N) is 1. The number of aliphatic hydroxyl groups is 1. The Kier molecular flexibility index (Phi) is 3.18. The molecule has 1 aromatic carbocycles. The Labute approximate surface area is 110 Å². The van der Waals surface area contributed by atoms with E-state index in [0.29, 0.717) is 0 Å². The fraction of sp³-hybridized carbons (Fsp3) is 0.462. The van der Waals surface area contributed by atoms with Gasteiger partial charge in [0, 0.05) is 11.3 Å². The number of imidazole rings is 1. The maximum atomic E-state index is 9.82. The summed E-state index contributed by atoms with van der Waals surface area (Å²) in [6.45, 7) is 0. The molecule has 5 heteroatoms. The van der Waals surface area contributed by atoms with Crippen LogP contribution in [0.25, 0.3) is 11.0 Å². The zero-order chi connectivity index (χ0) is 12.5. The van der Waals surface area contributed by atoms with Crippen LogP contribution < -0.4 is 4.74 Å². The Morgan fingerprint density at radius 3 is 3.06 bits per heavy atom. The molecule has 0 spiro atoms. The molecule has 1 saturated carbocycles. The molecule has 18 heavy (non-hydrogen) atoms.